The SMILES string of the molecule is CC(CS)N1CCC1C. The summed E-state index contributed by atoms with van der Waals surface area (Å²) in [5, 5.41) is 0. The van der Waals surface area contributed by atoms with Crippen molar-refractivity contribution in [2.24, 2.45) is 0 Å². The molecule has 1 saturated heterocycles. The van der Waals surface area contributed by atoms with E-state index in [1.807, 2.05) is 0 Å². The monoisotopic (exact) mass is 145 g/mol. The van der Waals surface area contributed by atoms with Crippen LogP contribution >= 0.6 is 12.6 Å². The number of hydrogen-bond donors (Lipinski definition) is 1. The minimum absolute atomic E-state index is 0.678. The van der Waals surface area contributed by atoms with Crippen molar-refractivity contribution in [3.05, 3.63) is 0 Å². The molecular weight excluding hydrogens is 130 g/mol. The van der Waals surface area contributed by atoms with Gasteiger partial charge in [-0.3, -0.25) is 4.90 Å². The lowest BCUT2D eigenvalue weighted by Crippen LogP contribution is -2.51. The third-order valence-corrected chi connectivity index (χ3v) is 2.73. The summed E-state index contributed by atoms with van der Waals surface area (Å²) in [6, 6.07) is 1.49. The van der Waals surface area contributed by atoms with Crippen molar-refractivity contribution in [3.8, 4) is 0 Å². The van der Waals surface area contributed by atoms with E-state index in [-0.39, 0.29) is 0 Å². The van der Waals surface area contributed by atoms with Gasteiger partial charge in [0.15, 0.2) is 0 Å². The molecule has 2 unspecified atom stereocenters. The molecule has 0 aromatic rings. The van der Waals surface area contributed by atoms with Crippen molar-refractivity contribution in [1.82, 2.24) is 4.90 Å². The molecule has 2 heteroatoms. The molecule has 2 atom stereocenters. The number of thiol groups is 1. The van der Waals surface area contributed by atoms with Gasteiger partial charge in [-0.1, -0.05) is 0 Å². The van der Waals surface area contributed by atoms with Crippen LogP contribution in [0.4, 0.5) is 0 Å². The number of hydrogen-bond acceptors (Lipinski definition) is 2. The highest BCUT2D eigenvalue weighted by Crippen LogP contribution is 2.19. The van der Waals surface area contributed by atoms with Crippen molar-refractivity contribution in [3.63, 3.8) is 0 Å². The molecule has 0 radical (unpaired) electrons. The number of rotatable bonds is 2. The van der Waals surface area contributed by atoms with Crippen LogP contribution in [0.3, 0.4) is 0 Å². The lowest BCUT2D eigenvalue weighted by Gasteiger charge is -2.42. The summed E-state index contributed by atoms with van der Waals surface area (Å²) < 4.78 is 0. The van der Waals surface area contributed by atoms with Crippen LogP contribution in [-0.2, 0) is 0 Å². The highest BCUT2D eigenvalue weighted by molar-refractivity contribution is 7.80. The van der Waals surface area contributed by atoms with Crippen molar-refractivity contribution < 1.29 is 0 Å². The smallest absolute Gasteiger partial charge is 0.0158 e. The van der Waals surface area contributed by atoms with Crippen LogP contribution < -0.4 is 0 Å². The van der Waals surface area contributed by atoms with Gasteiger partial charge in [0, 0.05) is 24.4 Å². The summed E-state index contributed by atoms with van der Waals surface area (Å²) in [5.74, 6) is 0.990. The van der Waals surface area contributed by atoms with E-state index in [2.05, 4.69) is 31.4 Å². The predicted octanol–water partition coefficient (Wildman–Crippen LogP) is 1.40. The Labute approximate surface area is 62.8 Å². The maximum atomic E-state index is 4.24. The topological polar surface area (TPSA) is 3.24 Å². The van der Waals surface area contributed by atoms with Crippen LogP contribution in [0.25, 0.3) is 0 Å². The van der Waals surface area contributed by atoms with Crippen molar-refractivity contribution in [2.45, 2.75) is 32.4 Å². The van der Waals surface area contributed by atoms with Crippen molar-refractivity contribution in [2.75, 3.05) is 12.3 Å². The van der Waals surface area contributed by atoms with Gasteiger partial charge in [-0.15, -0.1) is 0 Å². The number of likely N-dealkylation sites (tertiary alicyclic amines) is 1. The molecule has 9 heavy (non-hydrogen) atoms. The van der Waals surface area contributed by atoms with Crippen LogP contribution in [0.2, 0.25) is 0 Å². The molecule has 0 amide bonds. The van der Waals surface area contributed by atoms with Crippen LogP contribution in [0, 0.1) is 0 Å². The molecule has 1 fully saturated rings. The summed E-state index contributed by atoms with van der Waals surface area (Å²) in [6.07, 6.45) is 1.37. The summed E-state index contributed by atoms with van der Waals surface area (Å²) >= 11 is 4.24. The fourth-order valence-corrected chi connectivity index (χ4v) is 1.51. The van der Waals surface area contributed by atoms with Crippen LogP contribution in [0.15, 0.2) is 0 Å². The second-order valence-corrected chi connectivity index (χ2v) is 3.27. The molecule has 1 heterocycles. The largest absolute Gasteiger partial charge is 0.297 e. The van der Waals surface area contributed by atoms with E-state index < -0.39 is 0 Å². The number of nitrogens with zero attached hydrogens (tertiary/aromatic N) is 1. The average molecular weight is 145 g/mol. The Hall–Kier alpha value is 0.310. The molecular formula is C7H15NS. The van der Waals surface area contributed by atoms with Gasteiger partial charge in [0.25, 0.3) is 0 Å². The molecule has 0 saturated carbocycles. The maximum Gasteiger partial charge on any atom is 0.0158 e. The van der Waals surface area contributed by atoms with Gasteiger partial charge in [-0.2, -0.15) is 12.6 Å². The second-order valence-electron chi connectivity index (χ2n) is 2.91. The highest BCUT2D eigenvalue weighted by atomic mass is 32.1. The zero-order valence-corrected chi connectivity index (χ0v) is 7.06. The van der Waals surface area contributed by atoms with E-state index in [4.69, 9.17) is 0 Å². The van der Waals surface area contributed by atoms with Gasteiger partial charge in [-0.25, -0.2) is 0 Å². The molecule has 0 aromatic heterocycles. The van der Waals surface area contributed by atoms with E-state index >= 15 is 0 Å². The third-order valence-electron chi connectivity index (χ3n) is 2.20. The van der Waals surface area contributed by atoms with Gasteiger partial charge in [0.2, 0.25) is 0 Å². The molecule has 1 nitrogen and oxygen atoms in total. The van der Waals surface area contributed by atoms with Gasteiger partial charge in [0.1, 0.15) is 0 Å². The Morgan fingerprint density at radius 3 is 2.56 bits per heavy atom. The highest BCUT2D eigenvalue weighted by Gasteiger charge is 2.26. The first-order valence-corrected chi connectivity index (χ1v) is 4.25. The van der Waals surface area contributed by atoms with E-state index in [1.165, 1.54) is 13.0 Å². The van der Waals surface area contributed by atoms with Crippen molar-refractivity contribution >= 4 is 12.6 Å². The molecule has 54 valence electrons. The van der Waals surface area contributed by atoms with Crippen molar-refractivity contribution in [1.29, 1.82) is 0 Å². The van der Waals surface area contributed by atoms with Crippen LogP contribution in [0.1, 0.15) is 20.3 Å². The fourth-order valence-electron chi connectivity index (χ4n) is 1.30. The normalized spacial score (nSPS) is 31.7. The standard InChI is InChI=1S/C7H15NS/c1-6-3-4-8(6)7(2)5-9/h6-7,9H,3-5H2,1-2H3. The molecule has 1 aliphatic rings. The van der Waals surface area contributed by atoms with Crippen LogP contribution in [-0.4, -0.2) is 29.3 Å². The summed E-state index contributed by atoms with van der Waals surface area (Å²) in [4.78, 5) is 2.49. The third kappa shape index (κ3) is 1.41. The summed E-state index contributed by atoms with van der Waals surface area (Å²) in [6.45, 7) is 5.80. The molecule has 0 aromatic carbocycles. The van der Waals surface area contributed by atoms with Crippen LogP contribution in [0.5, 0.6) is 0 Å². The lowest BCUT2D eigenvalue weighted by molar-refractivity contribution is 0.0715. The molecule has 1 aliphatic heterocycles. The minimum Gasteiger partial charge on any atom is -0.297 e. The Morgan fingerprint density at radius 2 is 2.44 bits per heavy atom. The first-order valence-electron chi connectivity index (χ1n) is 3.62. The first kappa shape index (κ1) is 7.42. The summed E-state index contributed by atoms with van der Waals surface area (Å²) in [7, 11) is 0. The molecule has 1 rings (SSSR count). The van der Waals surface area contributed by atoms with Gasteiger partial charge in [-0.05, 0) is 20.3 Å². The van der Waals surface area contributed by atoms with E-state index in [0.717, 1.165) is 11.8 Å². The first-order chi connectivity index (χ1) is 4.25. The quantitative estimate of drug-likeness (QED) is 0.575. The van der Waals surface area contributed by atoms with Gasteiger partial charge in [0.05, 0.1) is 0 Å². The minimum atomic E-state index is 0.678. The van der Waals surface area contributed by atoms with E-state index in [1.54, 1.807) is 0 Å². The van der Waals surface area contributed by atoms with Gasteiger partial charge >= 0.3 is 0 Å². The molecule has 0 N–H and O–H groups in total. The predicted molar refractivity (Wildman–Crippen MR) is 44.1 cm³/mol. The second kappa shape index (κ2) is 2.93. The summed E-state index contributed by atoms with van der Waals surface area (Å²) in [5.41, 5.74) is 0. The fraction of sp³-hybridized carbons (Fsp3) is 1.00. The zero-order valence-electron chi connectivity index (χ0n) is 6.17. The van der Waals surface area contributed by atoms with Gasteiger partial charge < -0.3 is 0 Å². The van der Waals surface area contributed by atoms with E-state index in [9.17, 15) is 0 Å². The molecule has 0 spiro atoms. The lowest BCUT2D eigenvalue weighted by atomic mass is 10.0. The molecule has 0 bridgehead atoms. The Bertz CT molecular complexity index is 94.9. The Morgan fingerprint density at radius 1 is 1.78 bits per heavy atom. The zero-order chi connectivity index (χ0) is 6.85. The Kier molecular flexibility index (Phi) is 2.42. The Balaban J connectivity index is 2.25. The molecule has 0 aliphatic carbocycles. The average Bonchev–Trinajstić information content (AvgIpc) is 1.84. The maximum absolute atomic E-state index is 4.24. The van der Waals surface area contributed by atoms with E-state index in [0.29, 0.717) is 6.04 Å².